The molecule has 1 rings (SSSR count). The number of amides is 1. The van der Waals surface area contributed by atoms with Gasteiger partial charge >= 0.3 is 6.09 Å². The number of aryl methyl sites for hydroxylation is 1. The van der Waals surface area contributed by atoms with Crippen molar-refractivity contribution in [1.82, 2.24) is 5.32 Å². The predicted octanol–water partition coefficient (Wildman–Crippen LogP) is 3.72. The number of nitrogens with one attached hydrogen (secondary N) is 2. The van der Waals surface area contributed by atoms with E-state index in [9.17, 15) is 4.79 Å². The lowest BCUT2D eigenvalue weighted by Crippen LogP contribution is -2.33. The average molecular weight is 308 g/mol. The van der Waals surface area contributed by atoms with E-state index in [4.69, 9.17) is 9.47 Å². The Morgan fingerprint density at radius 1 is 1.23 bits per heavy atom. The van der Waals surface area contributed by atoms with Crippen molar-refractivity contribution in [2.75, 3.05) is 25.0 Å². The van der Waals surface area contributed by atoms with Crippen molar-refractivity contribution in [3.63, 3.8) is 0 Å². The molecule has 0 aliphatic carbocycles. The molecular weight excluding hydrogens is 280 g/mol. The van der Waals surface area contributed by atoms with Gasteiger partial charge in [-0.05, 0) is 58.7 Å². The minimum atomic E-state index is -0.462. The molecule has 1 amide bonds. The maximum atomic E-state index is 11.5. The summed E-state index contributed by atoms with van der Waals surface area (Å²) >= 11 is 0. The van der Waals surface area contributed by atoms with Crippen LogP contribution in [-0.4, -0.2) is 31.4 Å². The summed E-state index contributed by atoms with van der Waals surface area (Å²) in [4.78, 5) is 11.5. The summed E-state index contributed by atoms with van der Waals surface area (Å²) in [6, 6.07) is 6.08. The van der Waals surface area contributed by atoms with E-state index in [0.717, 1.165) is 24.4 Å². The van der Waals surface area contributed by atoms with Gasteiger partial charge in [0.15, 0.2) is 0 Å². The second-order valence-corrected chi connectivity index (χ2v) is 6.14. The van der Waals surface area contributed by atoms with Crippen molar-refractivity contribution in [1.29, 1.82) is 0 Å². The average Bonchev–Trinajstić information content (AvgIpc) is 2.39. The van der Waals surface area contributed by atoms with Gasteiger partial charge in [-0.25, -0.2) is 4.79 Å². The van der Waals surface area contributed by atoms with Crippen molar-refractivity contribution in [3.8, 4) is 5.75 Å². The molecule has 0 fully saturated rings. The van der Waals surface area contributed by atoms with Crippen LogP contribution < -0.4 is 15.4 Å². The first kappa shape index (κ1) is 18.1. The molecule has 0 heterocycles. The van der Waals surface area contributed by atoms with Gasteiger partial charge in [-0.2, -0.15) is 0 Å². The fourth-order valence-electron chi connectivity index (χ4n) is 1.87. The molecule has 0 aliphatic rings. The number of benzene rings is 1. The molecule has 0 saturated carbocycles. The van der Waals surface area contributed by atoms with Gasteiger partial charge < -0.3 is 20.1 Å². The molecule has 124 valence electrons. The Bertz CT molecular complexity index is 481. The zero-order chi connectivity index (χ0) is 16.6. The molecule has 0 spiro atoms. The second-order valence-electron chi connectivity index (χ2n) is 6.14. The Kier molecular flexibility index (Phi) is 7.02. The number of anilines is 1. The van der Waals surface area contributed by atoms with Crippen LogP contribution in [0.4, 0.5) is 10.5 Å². The molecule has 2 N–H and O–H groups in total. The van der Waals surface area contributed by atoms with Crippen molar-refractivity contribution in [3.05, 3.63) is 23.8 Å². The largest absolute Gasteiger partial charge is 0.492 e. The molecule has 1 aromatic carbocycles. The van der Waals surface area contributed by atoms with Gasteiger partial charge in [-0.3, -0.25) is 0 Å². The Labute approximate surface area is 133 Å². The summed E-state index contributed by atoms with van der Waals surface area (Å²) in [7, 11) is 0. The van der Waals surface area contributed by atoms with E-state index < -0.39 is 5.60 Å². The fraction of sp³-hybridized carbons (Fsp3) is 0.588. The van der Waals surface area contributed by atoms with Crippen LogP contribution in [0.15, 0.2) is 18.2 Å². The summed E-state index contributed by atoms with van der Waals surface area (Å²) in [6.45, 7) is 11.5. The van der Waals surface area contributed by atoms with Crippen LogP contribution in [0.1, 0.15) is 39.7 Å². The quantitative estimate of drug-likeness (QED) is 0.754. The number of rotatable bonds is 7. The molecule has 0 atom stereocenters. The SMILES string of the molecule is CCOc1cc(C)ccc1NCCCNC(=O)OC(C)(C)C. The first-order valence-corrected chi connectivity index (χ1v) is 7.76. The van der Waals surface area contributed by atoms with Crippen LogP contribution in [0.3, 0.4) is 0 Å². The van der Waals surface area contributed by atoms with Gasteiger partial charge in [0.05, 0.1) is 12.3 Å². The first-order valence-electron chi connectivity index (χ1n) is 7.76. The molecule has 5 nitrogen and oxygen atoms in total. The van der Waals surface area contributed by atoms with E-state index in [-0.39, 0.29) is 6.09 Å². The Hall–Kier alpha value is -1.91. The van der Waals surface area contributed by atoms with E-state index in [1.54, 1.807) is 0 Å². The van der Waals surface area contributed by atoms with Gasteiger partial charge in [-0.15, -0.1) is 0 Å². The number of ether oxygens (including phenoxy) is 2. The molecular formula is C17H28N2O3. The maximum Gasteiger partial charge on any atom is 0.407 e. The summed E-state index contributed by atoms with van der Waals surface area (Å²) in [6.07, 6.45) is 0.427. The summed E-state index contributed by atoms with van der Waals surface area (Å²) in [5.41, 5.74) is 1.68. The highest BCUT2D eigenvalue weighted by Gasteiger charge is 2.15. The molecule has 0 radical (unpaired) electrons. The lowest BCUT2D eigenvalue weighted by atomic mass is 10.2. The van der Waals surface area contributed by atoms with Crippen LogP contribution >= 0.6 is 0 Å². The smallest absolute Gasteiger partial charge is 0.407 e. The molecule has 0 aliphatic heterocycles. The van der Waals surface area contributed by atoms with Crippen LogP contribution in [0.2, 0.25) is 0 Å². The zero-order valence-corrected chi connectivity index (χ0v) is 14.3. The van der Waals surface area contributed by atoms with Gasteiger partial charge in [0.25, 0.3) is 0 Å². The third kappa shape index (κ3) is 7.20. The van der Waals surface area contributed by atoms with E-state index in [1.807, 2.05) is 52.8 Å². The van der Waals surface area contributed by atoms with Gasteiger partial charge in [-0.1, -0.05) is 6.07 Å². The van der Waals surface area contributed by atoms with E-state index in [2.05, 4.69) is 10.6 Å². The van der Waals surface area contributed by atoms with Crippen molar-refractivity contribution in [2.45, 2.75) is 46.6 Å². The number of carbonyl (C=O) groups excluding carboxylic acids is 1. The summed E-state index contributed by atoms with van der Waals surface area (Å²) in [5.74, 6) is 0.864. The Morgan fingerprint density at radius 2 is 1.95 bits per heavy atom. The molecule has 1 aromatic rings. The third-order valence-corrected chi connectivity index (χ3v) is 2.77. The highest BCUT2D eigenvalue weighted by atomic mass is 16.6. The number of carbonyl (C=O) groups is 1. The highest BCUT2D eigenvalue weighted by Crippen LogP contribution is 2.25. The van der Waals surface area contributed by atoms with Gasteiger partial charge in [0, 0.05) is 13.1 Å². The number of alkyl carbamates (subject to hydrolysis) is 1. The lowest BCUT2D eigenvalue weighted by Gasteiger charge is -2.19. The molecule has 5 heteroatoms. The minimum absolute atomic E-state index is 0.377. The topological polar surface area (TPSA) is 59.6 Å². The fourth-order valence-corrected chi connectivity index (χ4v) is 1.87. The van der Waals surface area contributed by atoms with Crippen molar-refractivity contribution in [2.24, 2.45) is 0 Å². The summed E-state index contributed by atoms with van der Waals surface area (Å²) < 4.78 is 10.8. The third-order valence-electron chi connectivity index (χ3n) is 2.77. The van der Waals surface area contributed by atoms with Gasteiger partial charge in [0.2, 0.25) is 0 Å². The molecule has 0 saturated heterocycles. The van der Waals surface area contributed by atoms with Crippen LogP contribution in [-0.2, 0) is 4.74 Å². The molecule has 0 unspecified atom stereocenters. The normalized spacial score (nSPS) is 11.0. The second kappa shape index (κ2) is 8.51. The highest BCUT2D eigenvalue weighted by molar-refractivity contribution is 5.67. The first-order chi connectivity index (χ1) is 10.3. The van der Waals surface area contributed by atoms with Crippen LogP contribution in [0.25, 0.3) is 0 Å². The Balaban J connectivity index is 2.32. The van der Waals surface area contributed by atoms with Gasteiger partial charge in [0.1, 0.15) is 11.4 Å². The zero-order valence-electron chi connectivity index (χ0n) is 14.3. The van der Waals surface area contributed by atoms with Crippen molar-refractivity contribution < 1.29 is 14.3 Å². The maximum absolute atomic E-state index is 11.5. The summed E-state index contributed by atoms with van der Waals surface area (Å²) in [5, 5.41) is 6.07. The standard InChI is InChI=1S/C17H28N2O3/c1-6-21-15-12-13(2)8-9-14(15)18-10-7-11-19-16(20)22-17(3,4)5/h8-9,12,18H,6-7,10-11H2,1-5H3,(H,19,20). The molecule has 0 bridgehead atoms. The van der Waals surface area contributed by atoms with Crippen molar-refractivity contribution >= 4 is 11.8 Å². The monoisotopic (exact) mass is 308 g/mol. The van der Waals surface area contributed by atoms with Crippen LogP contribution in [0.5, 0.6) is 5.75 Å². The van der Waals surface area contributed by atoms with E-state index in [0.29, 0.717) is 13.2 Å². The van der Waals surface area contributed by atoms with Crippen LogP contribution in [0, 0.1) is 6.92 Å². The van der Waals surface area contributed by atoms with E-state index >= 15 is 0 Å². The lowest BCUT2D eigenvalue weighted by molar-refractivity contribution is 0.0528. The molecule has 22 heavy (non-hydrogen) atoms. The number of hydrogen-bond acceptors (Lipinski definition) is 4. The predicted molar refractivity (Wildman–Crippen MR) is 89.7 cm³/mol. The molecule has 0 aromatic heterocycles. The number of hydrogen-bond donors (Lipinski definition) is 2. The van der Waals surface area contributed by atoms with E-state index in [1.165, 1.54) is 5.56 Å². The Morgan fingerprint density at radius 3 is 2.59 bits per heavy atom. The minimum Gasteiger partial charge on any atom is -0.492 e.